The van der Waals surface area contributed by atoms with E-state index in [1.165, 1.54) is 0 Å². The third kappa shape index (κ3) is 2.67. The molecule has 0 bridgehead atoms. The second-order valence-corrected chi connectivity index (χ2v) is 4.52. The molecule has 21 heavy (non-hydrogen) atoms. The first kappa shape index (κ1) is 13.1. The zero-order valence-corrected chi connectivity index (χ0v) is 11.5. The molecule has 0 fully saturated rings. The van der Waals surface area contributed by atoms with Crippen molar-refractivity contribution < 1.29 is 4.79 Å². The van der Waals surface area contributed by atoms with Crippen LogP contribution in [-0.2, 0) is 0 Å². The number of carbonyl (C=O) groups excluding carboxylic acids is 1. The number of amides is 1. The molecule has 0 radical (unpaired) electrons. The van der Waals surface area contributed by atoms with Crippen molar-refractivity contribution in [3.63, 3.8) is 0 Å². The van der Waals surface area contributed by atoms with Crippen LogP contribution in [0.1, 0.15) is 10.4 Å². The molecule has 2 aromatic heterocycles. The number of pyridine rings is 1. The Bertz CT molecular complexity index is 765. The van der Waals surface area contributed by atoms with Gasteiger partial charge in [-0.1, -0.05) is 30.3 Å². The maximum atomic E-state index is 11.7. The third-order valence-corrected chi connectivity index (χ3v) is 3.15. The molecule has 2 N–H and O–H groups in total. The van der Waals surface area contributed by atoms with Crippen LogP contribution in [0.5, 0.6) is 0 Å². The van der Waals surface area contributed by atoms with E-state index in [1.807, 2.05) is 30.3 Å². The van der Waals surface area contributed by atoms with Crippen LogP contribution in [0.3, 0.4) is 0 Å². The molecule has 0 unspecified atom stereocenters. The quantitative estimate of drug-likeness (QED) is 0.773. The minimum atomic E-state index is -0.145. The summed E-state index contributed by atoms with van der Waals surface area (Å²) < 4.78 is 0. The van der Waals surface area contributed by atoms with E-state index >= 15 is 0 Å². The normalized spacial score (nSPS) is 10.3. The van der Waals surface area contributed by atoms with Crippen molar-refractivity contribution in [1.82, 2.24) is 20.3 Å². The van der Waals surface area contributed by atoms with Gasteiger partial charge in [-0.05, 0) is 17.7 Å². The molecular formula is C16H14N4O. The number of H-pyrrole nitrogens is 1. The molecule has 0 spiro atoms. The Morgan fingerprint density at radius 3 is 2.71 bits per heavy atom. The van der Waals surface area contributed by atoms with Gasteiger partial charge >= 0.3 is 0 Å². The van der Waals surface area contributed by atoms with E-state index in [0.717, 1.165) is 11.3 Å². The van der Waals surface area contributed by atoms with Crippen molar-refractivity contribution in [2.45, 2.75) is 0 Å². The number of benzene rings is 1. The first-order valence-electron chi connectivity index (χ1n) is 6.57. The lowest BCUT2D eigenvalue weighted by Gasteiger charge is -2.01. The molecule has 2 heterocycles. The summed E-state index contributed by atoms with van der Waals surface area (Å²) in [7, 11) is 1.60. The molecule has 3 rings (SSSR count). The van der Waals surface area contributed by atoms with Crippen LogP contribution in [0, 0.1) is 0 Å². The first-order chi connectivity index (χ1) is 10.3. The predicted octanol–water partition coefficient (Wildman–Crippen LogP) is 2.50. The number of aromatic nitrogens is 3. The first-order valence-corrected chi connectivity index (χ1v) is 6.57. The smallest absolute Gasteiger partial charge is 0.251 e. The van der Waals surface area contributed by atoms with E-state index in [2.05, 4.69) is 20.3 Å². The van der Waals surface area contributed by atoms with Crippen LogP contribution in [-0.4, -0.2) is 27.9 Å². The van der Waals surface area contributed by atoms with E-state index in [0.29, 0.717) is 17.1 Å². The average Bonchev–Trinajstić information content (AvgIpc) is 3.05. The van der Waals surface area contributed by atoms with E-state index in [9.17, 15) is 4.79 Å². The molecule has 5 nitrogen and oxygen atoms in total. The molecule has 0 saturated heterocycles. The fraction of sp³-hybridized carbons (Fsp3) is 0.0625. The summed E-state index contributed by atoms with van der Waals surface area (Å²) in [6.45, 7) is 0. The van der Waals surface area contributed by atoms with Crippen molar-refractivity contribution in [2.24, 2.45) is 0 Å². The lowest BCUT2D eigenvalue weighted by molar-refractivity contribution is 0.0963. The second kappa shape index (κ2) is 5.58. The Labute approximate surface area is 122 Å². The van der Waals surface area contributed by atoms with Gasteiger partial charge < -0.3 is 10.3 Å². The Morgan fingerprint density at radius 2 is 1.95 bits per heavy atom. The molecule has 0 aliphatic heterocycles. The van der Waals surface area contributed by atoms with Gasteiger partial charge in [-0.15, -0.1) is 0 Å². The highest BCUT2D eigenvalue weighted by Gasteiger charge is 2.09. The zero-order chi connectivity index (χ0) is 14.7. The highest BCUT2D eigenvalue weighted by molar-refractivity contribution is 5.94. The number of nitrogens with zero attached hydrogens (tertiary/aromatic N) is 2. The Hall–Kier alpha value is -2.95. The molecule has 0 aliphatic carbocycles. The lowest BCUT2D eigenvalue weighted by atomic mass is 10.2. The van der Waals surface area contributed by atoms with Gasteiger partial charge in [0.1, 0.15) is 5.69 Å². The van der Waals surface area contributed by atoms with Crippen LogP contribution >= 0.6 is 0 Å². The standard InChI is InChI=1S/C16H14N4O/c1-17-16(21)12-7-8-18-13(9-12)15-19-10-14(20-15)11-5-3-2-4-6-11/h2-10H,1H3,(H,17,21)(H,19,20). The highest BCUT2D eigenvalue weighted by atomic mass is 16.1. The minimum Gasteiger partial charge on any atom is -0.355 e. The fourth-order valence-electron chi connectivity index (χ4n) is 2.06. The summed E-state index contributed by atoms with van der Waals surface area (Å²) in [6.07, 6.45) is 3.36. The third-order valence-electron chi connectivity index (χ3n) is 3.15. The summed E-state index contributed by atoms with van der Waals surface area (Å²) in [5, 5.41) is 2.59. The largest absolute Gasteiger partial charge is 0.355 e. The van der Waals surface area contributed by atoms with E-state index < -0.39 is 0 Å². The SMILES string of the molecule is CNC(=O)c1ccnc(-c2ncc(-c3ccccc3)[nH]2)c1. The maximum Gasteiger partial charge on any atom is 0.251 e. The topological polar surface area (TPSA) is 70.7 Å². The highest BCUT2D eigenvalue weighted by Crippen LogP contribution is 2.21. The predicted molar refractivity (Wildman–Crippen MR) is 80.6 cm³/mol. The number of nitrogens with one attached hydrogen (secondary N) is 2. The molecule has 0 saturated carbocycles. The monoisotopic (exact) mass is 278 g/mol. The molecular weight excluding hydrogens is 264 g/mol. The van der Waals surface area contributed by atoms with Gasteiger partial charge in [0.2, 0.25) is 0 Å². The summed E-state index contributed by atoms with van der Waals surface area (Å²) >= 11 is 0. The number of rotatable bonds is 3. The Kier molecular flexibility index (Phi) is 3.47. The van der Waals surface area contributed by atoms with Gasteiger partial charge in [-0.2, -0.15) is 0 Å². The van der Waals surface area contributed by atoms with Crippen molar-refractivity contribution in [3.8, 4) is 22.8 Å². The Balaban J connectivity index is 1.95. The van der Waals surface area contributed by atoms with Crippen LogP contribution in [0.4, 0.5) is 0 Å². The number of aromatic amines is 1. The molecule has 0 aliphatic rings. The number of hydrogen-bond donors (Lipinski definition) is 2. The lowest BCUT2D eigenvalue weighted by Crippen LogP contribution is -2.17. The van der Waals surface area contributed by atoms with Gasteiger partial charge in [0.05, 0.1) is 11.9 Å². The molecule has 1 aromatic carbocycles. The number of imidazole rings is 1. The van der Waals surface area contributed by atoms with E-state index in [-0.39, 0.29) is 5.91 Å². The van der Waals surface area contributed by atoms with Gasteiger partial charge in [0.25, 0.3) is 5.91 Å². The van der Waals surface area contributed by atoms with Gasteiger partial charge in [0.15, 0.2) is 5.82 Å². The number of hydrogen-bond acceptors (Lipinski definition) is 3. The van der Waals surface area contributed by atoms with E-state index in [4.69, 9.17) is 0 Å². The summed E-state index contributed by atoms with van der Waals surface area (Å²) in [5.41, 5.74) is 3.16. The second-order valence-electron chi connectivity index (χ2n) is 4.52. The van der Waals surface area contributed by atoms with Gasteiger partial charge in [-0.3, -0.25) is 9.78 Å². The zero-order valence-electron chi connectivity index (χ0n) is 11.5. The van der Waals surface area contributed by atoms with Crippen LogP contribution in [0.2, 0.25) is 0 Å². The van der Waals surface area contributed by atoms with Crippen molar-refractivity contribution in [1.29, 1.82) is 0 Å². The minimum absolute atomic E-state index is 0.145. The van der Waals surface area contributed by atoms with Crippen LogP contribution in [0.15, 0.2) is 54.9 Å². The molecule has 5 heteroatoms. The average molecular weight is 278 g/mol. The molecule has 3 aromatic rings. The molecule has 104 valence electrons. The molecule has 0 atom stereocenters. The van der Waals surface area contributed by atoms with Crippen molar-refractivity contribution in [3.05, 3.63) is 60.4 Å². The summed E-state index contributed by atoms with van der Waals surface area (Å²) in [6, 6.07) is 13.3. The fourth-order valence-corrected chi connectivity index (χ4v) is 2.06. The summed E-state index contributed by atoms with van der Waals surface area (Å²) in [5.74, 6) is 0.494. The summed E-state index contributed by atoms with van der Waals surface area (Å²) in [4.78, 5) is 23.5. The molecule has 1 amide bonds. The van der Waals surface area contributed by atoms with Crippen molar-refractivity contribution >= 4 is 5.91 Å². The Morgan fingerprint density at radius 1 is 1.14 bits per heavy atom. The maximum absolute atomic E-state index is 11.7. The van der Waals surface area contributed by atoms with Crippen molar-refractivity contribution in [2.75, 3.05) is 7.05 Å². The van der Waals surface area contributed by atoms with Gasteiger partial charge in [0, 0.05) is 18.8 Å². The van der Waals surface area contributed by atoms with Gasteiger partial charge in [-0.25, -0.2) is 4.98 Å². The van der Waals surface area contributed by atoms with E-state index in [1.54, 1.807) is 31.6 Å². The van der Waals surface area contributed by atoms with Crippen LogP contribution < -0.4 is 5.32 Å². The van der Waals surface area contributed by atoms with Crippen LogP contribution in [0.25, 0.3) is 22.8 Å². The number of carbonyl (C=O) groups is 1.